The van der Waals surface area contributed by atoms with E-state index >= 15 is 0 Å². The van der Waals surface area contributed by atoms with Gasteiger partial charge in [-0.25, -0.2) is 0 Å². The highest BCUT2D eigenvalue weighted by Crippen LogP contribution is 2.34. The minimum Gasteiger partial charge on any atom is -0.496 e. The van der Waals surface area contributed by atoms with Gasteiger partial charge >= 0.3 is 0 Å². The molecule has 4 heteroatoms. The molecule has 1 aromatic carbocycles. The van der Waals surface area contributed by atoms with E-state index in [1.54, 1.807) is 7.11 Å². The molecule has 1 spiro atoms. The van der Waals surface area contributed by atoms with E-state index in [0.29, 0.717) is 6.04 Å². The van der Waals surface area contributed by atoms with Gasteiger partial charge < -0.3 is 19.5 Å². The number of hydrogen-bond acceptors (Lipinski definition) is 4. The van der Waals surface area contributed by atoms with Gasteiger partial charge in [0.15, 0.2) is 0 Å². The minimum absolute atomic E-state index is 0.0505. The zero-order chi connectivity index (χ0) is 14.5. The molecule has 0 radical (unpaired) electrons. The Hall–Kier alpha value is -1.10. The van der Waals surface area contributed by atoms with Crippen molar-refractivity contribution in [1.29, 1.82) is 0 Å². The van der Waals surface area contributed by atoms with E-state index in [-0.39, 0.29) is 5.60 Å². The van der Waals surface area contributed by atoms with E-state index < -0.39 is 0 Å². The smallest absolute Gasteiger partial charge is 0.123 e. The zero-order valence-corrected chi connectivity index (χ0v) is 12.8. The number of para-hydroxylation sites is 1. The molecule has 2 aliphatic heterocycles. The molecule has 1 aromatic rings. The molecule has 0 unspecified atom stereocenters. The molecular weight excluding hydrogens is 266 g/mol. The normalized spacial score (nSPS) is 24.9. The third kappa shape index (κ3) is 3.57. The van der Waals surface area contributed by atoms with Crippen molar-refractivity contribution in [1.82, 2.24) is 5.32 Å². The first kappa shape index (κ1) is 14.8. The van der Waals surface area contributed by atoms with E-state index in [1.165, 1.54) is 5.56 Å². The summed E-state index contributed by atoms with van der Waals surface area (Å²) < 4.78 is 17.0. The highest BCUT2D eigenvalue weighted by atomic mass is 16.5. The minimum atomic E-state index is 0.0505. The molecule has 0 aliphatic carbocycles. The fourth-order valence-corrected chi connectivity index (χ4v) is 3.40. The molecule has 2 saturated heterocycles. The monoisotopic (exact) mass is 291 g/mol. The molecule has 3 rings (SSSR count). The average Bonchev–Trinajstić information content (AvgIpc) is 2.54. The van der Waals surface area contributed by atoms with Gasteiger partial charge in [0.25, 0.3) is 0 Å². The fraction of sp³-hybridized carbons (Fsp3) is 0.647. The standard InChI is InChI=1S/C17H25NO3/c1-19-16-5-3-2-4-14(16)13-18-15-6-9-21-17(12-15)7-10-20-11-8-17/h2-5,15,18H,6-13H2,1H3/t15-/m0/s1. The molecule has 0 bridgehead atoms. The van der Waals surface area contributed by atoms with E-state index in [4.69, 9.17) is 14.2 Å². The van der Waals surface area contributed by atoms with Crippen LogP contribution in [0.2, 0.25) is 0 Å². The van der Waals surface area contributed by atoms with Crippen molar-refractivity contribution in [3.63, 3.8) is 0 Å². The van der Waals surface area contributed by atoms with Crippen LogP contribution < -0.4 is 10.1 Å². The summed E-state index contributed by atoms with van der Waals surface area (Å²) in [5.41, 5.74) is 1.27. The van der Waals surface area contributed by atoms with E-state index in [1.807, 2.05) is 12.1 Å². The lowest BCUT2D eigenvalue weighted by atomic mass is 9.84. The van der Waals surface area contributed by atoms with Crippen LogP contribution in [0, 0.1) is 0 Å². The Kier molecular flexibility index (Phi) is 4.78. The Morgan fingerprint density at radius 3 is 2.86 bits per heavy atom. The number of nitrogens with one attached hydrogen (secondary N) is 1. The zero-order valence-electron chi connectivity index (χ0n) is 12.8. The second-order valence-electron chi connectivity index (χ2n) is 6.03. The van der Waals surface area contributed by atoms with Gasteiger partial charge in [-0.1, -0.05) is 18.2 Å². The van der Waals surface area contributed by atoms with Crippen LogP contribution in [0.15, 0.2) is 24.3 Å². The van der Waals surface area contributed by atoms with Crippen LogP contribution in [-0.2, 0) is 16.0 Å². The average molecular weight is 291 g/mol. The molecule has 4 nitrogen and oxygen atoms in total. The van der Waals surface area contributed by atoms with Gasteiger partial charge in [0.05, 0.1) is 12.7 Å². The maximum absolute atomic E-state index is 6.09. The van der Waals surface area contributed by atoms with Gasteiger partial charge in [0, 0.05) is 38.0 Å². The van der Waals surface area contributed by atoms with Crippen LogP contribution in [0.1, 0.15) is 31.2 Å². The molecule has 21 heavy (non-hydrogen) atoms. The first-order chi connectivity index (χ1) is 10.3. The van der Waals surface area contributed by atoms with Crippen LogP contribution in [-0.4, -0.2) is 38.6 Å². The van der Waals surface area contributed by atoms with Crippen LogP contribution in [0.25, 0.3) is 0 Å². The molecule has 2 aliphatic rings. The van der Waals surface area contributed by atoms with Crippen molar-refractivity contribution in [2.45, 2.75) is 43.9 Å². The van der Waals surface area contributed by atoms with Crippen molar-refractivity contribution in [3.05, 3.63) is 29.8 Å². The number of benzene rings is 1. The predicted molar refractivity (Wildman–Crippen MR) is 81.6 cm³/mol. The Morgan fingerprint density at radius 1 is 1.24 bits per heavy atom. The summed E-state index contributed by atoms with van der Waals surface area (Å²) >= 11 is 0. The highest BCUT2D eigenvalue weighted by Gasteiger charge is 2.38. The maximum Gasteiger partial charge on any atom is 0.123 e. The summed E-state index contributed by atoms with van der Waals surface area (Å²) in [6.07, 6.45) is 4.23. The van der Waals surface area contributed by atoms with Gasteiger partial charge in [-0.15, -0.1) is 0 Å². The topological polar surface area (TPSA) is 39.7 Å². The molecule has 0 amide bonds. The number of hydrogen-bond donors (Lipinski definition) is 1. The van der Waals surface area contributed by atoms with Crippen molar-refractivity contribution in [3.8, 4) is 5.75 Å². The lowest BCUT2D eigenvalue weighted by Gasteiger charge is -2.43. The fourth-order valence-electron chi connectivity index (χ4n) is 3.40. The van der Waals surface area contributed by atoms with Crippen LogP contribution in [0.4, 0.5) is 0 Å². The molecule has 2 fully saturated rings. The van der Waals surface area contributed by atoms with Gasteiger partial charge in [0.1, 0.15) is 5.75 Å². The second kappa shape index (κ2) is 6.77. The van der Waals surface area contributed by atoms with E-state index in [2.05, 4.69) is 17.4 Å². The highest BCUT2D eigenvalue weighted by molar-refractivity contribution is 5.33. The largest absolute Gasteiger partial charge is 0.496 e. The van der Waals surface area contributed by atoms with E-state index in [0.717, 1.165) is 57.8 Å². The predicted octanol–water partition coefficient (Wildman–Crippen LogP) is 2.51. The Labute approximate surface area is 126 Å². The first-order valence-electron chi connectivity index (χ1n) is 7.88. The van der Waals surface area contributed by atoms with Gasteiger partial charge in [-0.2, -0.15) is 0 Å². The third-order valence-corrected chi connectivity index (χ3v) is 4.67. The lowest BCUT2D eigenvalue weighted by molar-refractivity contribution is -0.140. The summed E-state index contributed by atoms with van der Waals surface area (Å²) in [7, 11) is 1.73. The Morgan fingerprint density at radius 2 is 2.05 bits per heavy atom. The molecular formula is C17H25NO3. The second-order valence-corrected chi connectivity index (χ2v) is 6.03. The van der Waals surface area contributed by atoms with Gasteiger partial charge in [0.2, 0.25) is 0 Å². The Bertz CT molecular complexity index is 452. The molecule has 2 heterocycles. The summed E-state index contributed by atoms with van der Waals surface area (Å²) in [5.74, 6) is 0.956. The van der Waals surface area contributed by atoms with Crippen molar-refractivity contribution in [2.75, 3.05) is 26.9 Å². The van der Waals surface area contributed by atoms with Crippen LogP contribution in [0.5, 0.6) is 5.75 Å². The molecule has 116 valence electrons. The van der Waals surface area contributed by atoms with Crippen molar-refractivity contribution in [2.24, 2.45) is 0 Å². The van der Waals surface area contributed by atoms with Crippen LogP contribution in [0.3, 0.4) is 0 Å². The third-order valence-electron chi connectivity index (χ3n) is 4.67. The quantitative estimate of drug-likeness (QED) is 0.925. The van der Waals surface area contributed by atoms with E-state index in [9.17, 15) is 0 Å². The maximum atomic E-state index is 6.09. The van der Waals surface area contributed by atoms with Crippen molar-refractivity contribution >= 4 is 0 Å². The molecule has 0 saturated carbocycles. The summed E-state index contributed by atoms with van der Waals surface area (Å²) in [4.78, 5) is 0. The lowest BCUT2D eigenvalue weighted by Crippen LogP contribution is -2.49. The molecule has 1 N–H and O–H groups in total. The Balaban J connectivity index is 1.57. The van der Waals surface area contributed by atoms with Gasteiger partial charge in [-0.05, 0) is 31.7 Å². The molecule has 1 atom stereocenters. The molecule has 0 aromatic heterocycles. The number of methoxy groups -OCH3 is 1. The first-order valence-corrected chi connectivity index (χ1v) is 7.88. The summed E-state index contributed by atoms with van der Waals surface area (Å²) in [5, 5.41) is 3.68. The summed E-state index contributed by atoms with van der Waals surface area (Å²) in [6.45, 7) is 3.36. The van der Waals surface area contributed by atoms with Crippen LogP contribution >= 0.6 is 0 Å². The SMILES string of the molecule is COc1ccccc1CN[C@H]1CCOC2(CCOCC2)C1. The van der Waals surface area contributed by atoms with Gasteiger partial charge in [-0.3, -0.25) is 0 Å². The van der Waals surface area contributed by atoms with Crippen molar-refractivity contribution < 1.29 is 14.2 Å². The number of ether oxygens (including phenoxy) is 3. The summed E-state index contributed by atoms with van der Waals surface area (Å²) in [6, 6.07) is 8.72. The number of rotatable bonds is 4.